The van der Waals surface area contributed by atoms with E-state index in [0.717, 1.165) is 16.9 Å². The topological polar surface area (TPSA) is 66.4 Å². The number of hydrogen-bond donors (Lipinski definition) is 2. The second kappa shape index (κ2) is 7.04. The fourth-order valence-electron chi connectivity index (χ4n) is 2.14. The number of nitrogens with one attached hydrogen (secondary N) is 1. The van der Waals surface area contributed by atoms with Crippen molar-refractivity contribution in [3.05, 3.63) is 57.8 Å². The zero-order valence-corrected chi connectivity index (χ0v) is 12.5. The minimum absolute atomic E-state index is 0.0334. The van der Waals surface area contributed by atoms with E-state index in [-0.39, 0.29) is 16.7 Å². The van der Waals surface area contributed by atoms with Gasteiger partial charge in [0.25, 0.3) is 0 Å². The van der Waals surface area contributed by atoms with Crippen LogP contribution in [0.3, 0.4) is 0 Å². The first-order valence-electron chi connectivity index (χ1n) is 6.76. The summed E-state index contributed by atoms with van der Waals surface area (Å²) in [7, 11) is 0. The first kappa shape index (κ1) is 15.3. The highest BCUT2D eigenvalue weighted by atomic mass is 32.1. The summed E-state index contributed by atoms with van der Waals surface area (Å²) in [5.41, 5.74) is 0.995. The third-order valence-electron chi connectivity index (χ3n) is 3.24. The van der Waals surface area contributed by atoms with Crippen molar-refractivity contribution in [1.29, 1.82) is 0 Å². The number of carbonyl (C=O) groups excluding carboxylic acids is 1. The van der Waals surface area contributed by atoms with Gasteiger partial charge in [-0.3, -0.25) is 4.79 Å². The summed E-state index contributed by atoms with van der Waals surface area (Å²) in [5, 5.41) is 11.8. The van der Waals surface area contributed by atoms with Gasteiger partial charge in [-0.15, -0.1) is 11.3 Å². The first-order chi connectivity index (χ1) is 10.1. The van der Waals surface area contributed by atoms with E-state index in [1.807, 2.05) is 37.3 Å². The molecule has 5 heteroatoms. The number of rotatable bonds is 6. The van der Waals surface area contributed by atoms with E-state index in [1.54, 1.807) is 12.1 Å². The lowest BCUT2D eigenvalue weighted by molar-refractivity contribution is -0.122. The van der Waals surface area contributed by atoms with Gasteiger partial charge < -0.3 is 10.4 Å². The first-order valence-corrected chi connectivity index (χ1v) is 7.58. The molecule has 0 aliphatic carbocycles. The second-order valence-electron chi connectivity index (χ2n) is 4.66. The maximum Gasteiger partial charge on any atom is 0.345 e. The van der Waals surface area contributed by atoms with Crippen molar-refractivity contribution >= 4 is 23.2 Å². The highest BCUT2D eigenvalue weighted by molar-refractivity contribution is 7.13. The van der Waals surface area contributed by atoms with Crippen molar-refractivity contribution in [3.63, 3.8) is 0 Å². The molecule has 0 saturated carbocycles. The van der Waals surface area contributed by atoms with Gasteiger partial charge in [-0.1, -0.05) is 37.3 Å². The predicted octanol–water partition coefficient (Wildman–Crippen LogP) is 3.26. The van der Waals surface area contributed by atoms with Crippen LogP contribution in [0.15, 0.2) is 42.5 Å². The SMILES string of the molecule is CCC(C(=O)NCc1ccc(C(=O)O)s1)c1ccccc1. The lowest BCUT2D eigenvalue weighted by atomic mass is 9.96. The summed E-state index contributed by atoms with van der Waals surface area (Å²) in [6.07, 6.45) is 0.723. The van der Waals surface area contributed by atoms with Crippen LogP contribution >= 0.6 is 11.3 Å². The molecule has 2 aromatic rings. The van der Waals surface area contributed by atoms with Gasteiger partial charge in [-0.2, -0.15) is 0 Å². The molecule has 0 aliphatic rings. The van der Waals surface area contributed by atoms with E-state index in [1.165, 1.54) is 11.3 Å². The van der Waals surface area contributed by atoms with E-state index in [2.05, 4.69) is 5.32 Å². The number of benzene rings is 1. The quantitative estimate of drug-likeness (QED) is 0.861. The second-order valence-corrected chi connectivity index (χ2v) is 5.83. The Balaban J connectivity index is 1.98. The van der Waals surface area contributed by atoms with Crippen molar-refractivity contribution in [1.82, 2.24) is 5.32 Å². The molecule has 0 radical (unpaired) electrons. The summed E-state index contributed by atoms with van der Waals surface area (Å²) in [6, 6.07) is 12.9. The number of carboxylic acid groups (broad SMARTS) is 1. The molecule has 1 unspecified atom stereocenters. The van der Waals surface area contributed by atoms with Crippen LogP contribution in [0.25, 0.3) is 0 Å². The zero-order valence-electron chi connectivity index (χ0n) is 11.7. The summed E-state index contributed by atoms with van der Waals surface area (Å²) >= 11 is 1.18. The Morgan fingerprint density at radius 3 is 2.48 bits per heavy atom. The molecule has 0 saturated heterocycles. The molecule has 0 spiro atoms. The molecule has 0 bridgehead atoms. The highest BCUT2D eigenvalue weighted by Crippen LogP contribution is 2.20. The van der Waals surface area contributed by atoms with Crippen LogP contribution in [0, 0.1) is 0 Å². The van der Waals surface area contributed by atoms with Crippen LogP contribution in [-0.4, -0.2) is 17.0 Å². The van der Waals surface area contributed by atoms with Gasteiger partial charge in [0.05, 0.1) is 12.5 Å². The van der Waals surface area contributed by atoms with Gasteiger partial charge in [0, 0.05) is 4.88 Å². The molecular weight excluding hydrogens is 286 g/mol. The van der Waals surface area contributed by atoms with Gasteiger partial charge in [0.2, 0.25) is 5.91 Å². The minimum atomic E-state index is -0.937. The molecule has 2 N–H and O–H groups in total. The van der Waals surface area contributed by atoms with Crippen molar-refractivity contribution in [3.8, 4) is 0 Å². The van der Waals surface area contributed by atoms with E-state index in [0.29, 0.717) is 6.54 Å². The van der Waals surface area contributed by atoms with Crippen molar-refractivity contribution in [2.45, 2.75) is 25.8 Å². The highest BCUT2D eigenvalue weighted by Gasteiger charge is 2.18. The van der Waals surface area contributed by atoms with Crippen molar-refractivity contribution in [2.24, 2.45) is 0 Å². The van der Waals surface area contributed by atoms with Gasteiger partial charge in [0.15, 0.2) is 0 Å². The van der Waals surface area contributed by atoms with Gasteiger partial charge >= 0.3 is 5.97 Å². The Hall–Kier alpha value is -2.14. The zero-order chi connectivity index (χ0) is 15.2. The average molecular weight is 303 g/mol. The third kappa shape index (κ3) is 3.92. The number of carbonyl (C=O) groups is 2. The summed E-state index contributed by atoms with van der Waals surface area (Å²) in [6.45, 7) is 2.34. The maximum atomic E-state index is 12.3. The monoisotopic (exact) mass is 303 g/mol. The van der Waals surface area contributed by atoms with Crippen LogP contribution in [0.2, 0.25) is 0 Å². The number of thiophene rings is 1. The number of aromatic carboxylic acids is 1. The normalized spacial score (nSPS) is 11.9. The largest absolute Gasteiger partial charge is 0.477 e. The Morgan fingerprint density at radius 2 is 1.90 bits per heavy atom. The fraction of sp³-hybridized carbons (Fsp3) is 0.250. The maximum absolute atomic E-state index is 12.3. The molecule has 4 nitrogen and oxygen atoms in total. The molecule has 1 amide bonds. The van der Waals surface area contributed by atoms with Gasteiger partial charge in [0.1, 0.15) is 4.88 Å². The summed E-state index contributed by atoms with van der Waals surface area (Å²) < 4.78 is 0. The van der Waals surface area contributed by atoms with Gasteiger partial charge in [-0.05, 0) is 24.1 Å². The lowest BCUT2D eigenvalue weighted by Crippen LogP contribution is -2.28. The Kier molecular flexibility index (Phi) is 5.11. The molecule has 1 atom stereocenters. The Bertz CT molecular complexity index is 621. The molecule has 1 heterocycles. The molecule has 1 aromatic carbocycles. The standard InChI is InChI=1S/C16H17NO3S/c1-2-13(11-6-4-3-5-7-11)15(18)17-10-12-8-9-14(21-12)16(19)20/h3-9,13H,2,10H2,1H3,(H,17,18)(H,19,20). The molecule has 2 rings (SSSR count). The Morgan fingerprint density at radius 1 is 1.19 bits per heavy atom. The van der Waals surface area contributed by atoms with E-state index in [4.69, 9.17) is 5.11 Å². The molecular formula is C16H17NO3S. The van der Waals surface area contributed by atoms with Crippen molar-refractivity contribution in [2.75, 3.05) is 0 Å². The number of hydrogen-bond acceptors (Lipinski definition) is 3. The molecule has 110 valence electrons. The molecule has 0 fully saturated rings. The smallest absolute Gasteiger partial charge is 0.345 e. The van der Waals surface area contributed by atoms with Crippen LogP contribution < -0.4 is 5.32 Å². The summed E-state index contributed by atoms with van der Waals surface area (Å²) in [4.78, 5) is 24.2. The third-order valence-corrected chi connectivity index (χ3v) is 4.31. The van der Waals surface area contributed by atoms with Crippen LogP contribution in [-0.2, 0) is 11.3 Å². The lowest BCUT2D eigenvalue weighted by Gasteiger charge is -2.15. The van der Waals surface area contributed by atoms with Crippen LogP contribution in [0.5, 0.6) is 0 Å². The van der Waals surface area contributed by atoms with Gasteiger partial charge in [-0.25, -0.2) is 4.79 Å². The Labute approximate surface area is 127 Å². The van der Waals surface area contributed by atoms with Crippen molar-refractivity contribution < 1.29 is 14.7 Å². The number of carboxylic acids is 1. The molecule has 21 heavy (non-hydrogen) atoms. The van der Waals surface area contributed by atoms with E-state index >= 15 is 0 Å². The fourth-order valence-corrected chi connectivity index (χ4v) is 2.93. The number of amides is 1. The minimum Gasteiger partial charge on any atom is -0.477 e. The molecule has 0 aliphatic heterocycles. The van der Waals surface area contributed by atoms with E-state index in [9.17, 15) is 9.59 Å². The van der Waals surface area contributed by atoms with Crippen LogP contribution in [0.4, 0.5) is 0 Å². The predicted molar refractivity (Wildman–Crippen MR) is 82.6 cm³/mol. The van der Waals surface area contributed by atoms with E-state index < -0.39 is 5.97 Å². The average Bonchev–Trinajstić information content (AvgIpc) is 2.96. The molecule has 1 aromatic heterocycles. The summed E-state index contributed by atoms with van der Waals surface area (Å²) in [5.74, 6) is -1.15. The van der Waals surface area contributed by atoms with Crippen LogP contribution in [0.1, 0.15) is 39.4 Å².